The van der Waals surface area contributed by atoms with E-state index in [0.29, 0.717) is 20.9 Å². The van der Waals surface area contributed by atoms with Crippen LogP contribution in [0.1, 0.15) is 4.88 Å². The van der Waals surface area contributed by atoms with Crippen LogP contribution in [-0.4, -0.2) is 9.38 Å². The quantitative estimate of drug-likeness (QED) is 0.615. The van der Waals surface area contributed by atoms with Gasteiger partial charge in [0.1, 0.15) is 0 Å². The van der Waals surface area contributed by atoms with Crippen molar-refractivity contribution < 1.29 is 0 Å². The lowest BCUT2D eigenvalue weighted by Gasteiger charge is -1.99. The summed E-state index contributed by atoms with van der Waals surface area (Å²) in [4.78, 5) is 18.3. The summed E-state index contributed by atoms with van der Waals surface area (Å²) in [6.07, 6.45) is 1.79. The maximum atomic E-state index is 12.2. The second-order valence-electron chi connectivity index (χ2n) is 3.55. The second kappa shape index (κ2) is 3.30. The highest BCUT2D eigenvalue weighted by atomic mass is 35.5. The number of benzene rings is 1. The summed E-state index contributed by atoms with van der Waals surface area (Å²) in [7, 11) is 0. The molecule has 2 aromatic heterocycles. The number of fused-ring (bicyclic) bond motifs is 2. The van der Waals surface area contributed by atoms with Crippen LogP contribution < -0.4 is 5.56 Å². The normalized spacial score (nSPS) is 11.4. The molecule has 0 unspecified atom stereocenters. The summed E-state index contributed by atoms with van der Waals surface area (Å²) in [6.45, 7) is 1.95. The highest BCUT2D eigenvalue weighted by molar-refractivity contribution is 7.17. The van der Waals surface area contributed by atoms with Crippen molar-refractivity contribution in [2.24, 2.45) is 0 Å². The lowest BCUT2D eigenvalue weighted by molar-refractivity contribution is 1.11. The molecule has 3 aromatic rings. The number of aryl methyl sites for hydroxylation is 1. The Morgan fingerprint density at radius 1 is 1.44 bits per heavy atom. The maximum absolute atomic E-state index is 12.2. The van der Waals surface area contributed by atoms with Gasteiger partial charge in [0.2, 0.25) is 0 Å². The first-order chi connectivity index (χ1) is 7.66. The first-order valence-electron chi connectivity index (χ1n) is 4.74. The molecule has 16 heavy (non-hydrogen) atoms. The van der Waals surface area contributed by atoms with Gasteiger partial charge in [0.25, 0.3) is 5.56 Å². The summed E-state index contributed by atoms with van der Waals surface area (Å²) in [5, 5.41) is 0.938. The largest absolute Gasteiger partial charge is 0.268 e. The van der Waals surface area contributed by atoms with E-state index >= 15 is 0 Å². The fourth-order valence-corrected chi connectivity index (χ4v) is 2.79. The van der Waals surface area contributed by atoms with Crippen molar-refractivity contribution in [1.82, 2.24) is 9.38 Å². The van der Waals surface area contributed by atoms with E-state index in [2.05, 4.69) is 4.98 Å². The van der Waals surface area contributed by atoms with Crippen molar-refractivity contribution in [2.45, 2.75) is 6.92 Å². The molecule has 0 saturated carbocycles. The van der Waals surface area contributed by atoms with Crippen molar-refractivity contribution >= 4 is 38.8 Å². The number of hydrogen-bond donors (Lipinski definition) is 0. The third-order valence-electron chi connectivity index (χ3n) is 2.41. The summed E-state index contributed by atoms with van der Waals surface area (Å²) in [5.41, 5.74) is 0.550. The Bertz CT molecular complexity index is 760. The Morgan fingerprint density at radius 3 is 3.06 bits per heavy atom. The molecule has 0 atom stereocenters. The molecule has 0 bridgehead atoms. The predicted molar refractivity (Wildman–Crippen MR) is 66.6 cm³/mol. The van der Waals surface area contributed by atoms with Crippen LogP contribution >= 0.6 is 22.9 Å². The summed E-state index contributed by atoms with van der Waals surface area (Å²) < 4.78 is 1.55. The van der Waals surface area contributed by atoms with E-state index in [0.717, 1.165) is 4.88 Å². The molecular formula is C11H7ClN2OS. The molecule has 0 N–H and O–H groups in total. The van der Waals surface area contributed by atoms with Gasteiger partial charge in [-0.2, -0.15) is 0 Å². The predicted octanol–water partition coefficient (Wildman–Crippen LogP) is 2.87. The molecule has 5 heteroatoms. The molecule has 0 amide bonds. The first kappa shape index (κ1) is 9.81. The third kappa shape index (κ3) is 1.27. The van der Waals surface area contributed by atoms with Crippen molar-refractivity contribution in [2.75, 3.05) is 0 Å². The Balaban J connectivity index is 2.66. The number of hydrogen-bond acceptors (Lipinski definition) is 3. The lowest BCUT2D eigenvalue weighted by atomic mass is 10.2. The fourth-order valence-electron chi connectivity index (χ4n) is 1.72. The zero-order valence-electron chi connectivity index (χ0n) is 8.40. The minimum absolute atomic E-state index is 0.102. The molecule has 0 aliphatic rings. The highest BCUT2D eigenvalue weighted by Crippen LogP contribution is 2.21. The van der Waals surface area contributed by atoms with E-state index in [-0.39, 0.29) is 5.56 Å². The van der Waals surface area contributed by atoms with Gasteiger partial charge in [-0.25, -0.2) is 4.98 Å². The van der Waals surface area contributed by atoms with Gasteiger partial charge >= 0.3 is 0 Å². The monoisotopic (exact) mass is 250 g/mol. The van der Waals surface area contributed by atoms with Gasteiger partial charge in [0.15, 0.2) is 4.96 Å². The number of halogens is 1. The van der Waals surface area contributed by atoms with Gasteiger partial charge < -0.3 is 0 Å². The van der Waals surface area contributed by atoms with Crippen LogP contribution in [0.25, 0.3) is 15.9 Å². The van der Waals surface area contributed by atoms with Gasteiger partial charge in [-0.3, -0.25) is 9.20 Å². The lowest BCUT2D eigenvalue weighted by Crippen LogP contribution is -2.13. The smallest absolute Gasteiger partial charge is 0.267 e. The van der Waals surface area contributed by atoms with Gasteiger partial charge in [-0.1, -0.05) is 17.7 Å². The molecule has 0 aliphatic carbocycles. The van der Waals surface area contributed by atoms with Crippen LogP contribution in [-0.2, 0) is 0 Å². The number of thiazole rings is 1. The average Bonchev–Trinajstić information content (AvgIpc) is 2.59. The standard InChI is InChI=1S/C11H7ClN2OS/c1-6-5-14-10(15)9-7(12)3-2-4-8(9)13-11(14)16-6/h2-5H,1H3. The minimum Gasteiger partial charge on any atom is -0.268 e. The average molecular weight is 251 g/mol. The number of nitrogens with zero attached hydrogens (tertiary/aromatic N) is 2. The molecule has 3 nitrogen and oxygen atoms in total. The first-order valence-corrected chi connectivity index (χ1v) is 5.93. The molecule has 0 aliphatic heterocycles. The van der Waals surface area contributed by atoms with Gasteiger partial charge in [-0.05, 0) is 19.1 Å². The van der Waals surface area contributed by atoms with Crippen molar-refractivity contribution in [3.8, 4) is 0 Å². The van der Waals surface area contributed by atoms with Crippen molar-refractivity contribution in [1.29, 1.82) is 0 Å². The fraction of sp³-hybridized carbons (Fsp3) is 0.0909. The van der Waals surface area contributed by atoms with Crippen LogP contribution in [0.3, 0.4) is 0 Å². The Hall–Kier alpha value is -1.39. The molecular weight excluding hydrogens is 244 g/mol. The van der Waals surface area contributed by atoms with E-state index in [1.54, 1.807) is 28.8 Å². The topological polar surface area (TPSA) is 34.4 Å². The van der Waals surface area contributed by atoms with Crippen LogP contribution in [0.4, 0.5) is 0 Å². The van der Waals surface area contributed by atoms with E-state index in [1.165, 1.54) is 11.3 Å². The summed E-state index contributed by atoms with van der Waals surface area (Å²) in [5.74, 6) is 0. The van der Waals surface area contributed by atoms with Crippen molar-refractivity contribution in [3.63, 3.8) is 0 Å². The van der Waals surface area contributed by atoms with Crippen LogP contribution in [0.2, 0.25) is 5.02 Å². The van der Waals surface area contributed by atoms with E-state index < -0.39 is 0 Å². The van der Waals surface area contributed by atoms with Gasteiger partial charge in [0.05, 0.1) is 15.9 Å². The number of rotatable bonds is 0. The Kier molecular flexibility index (Phi) is 2.02. The molecule has 0 saturated heterocycles. The molecule has 0 fully saturated rings. The Morgan fingerprint density at radius 2 is 2.25 bits per heavy atom. The number of aromatic nitrogens is 2. The van der Waals surface area contributed by atoms with Crippen molar-refractivity contribution in [3.05, 3.63) is 44.6 Å². The van der Waals surface area contributed by atoms with Crippen LogP contribution in [0, 0.1) is 6.92 Å². The van der Waals surface area contributed by atoms with Crippen LogP contribution in [0.15, 0.2) is 29.2 Å². The van der Waals surface area contributed by atoms with E-state index in [1.807, 2.05) is 6.92 Å². The minimum atomic E-state index is -0.102. The summed E-state index contributed by atoms with van der Waals surface area (Å²) >= 11 is 7.52. The maximum Gasteiger partial charge on any atom is 0.267 e. The third-order valence-corrected chi connectivity index (χ3v) is 3.62. The SMILES string of the molecule is Cc1cn2c(=O)c3c(Cl)cccc3nc2s1. The summed E-state index contributed by atoms with van der Waals surface area (Å²) in [6, 6.07) is 5.31. The van der Waals surface area contributed by atoms with E-state index in [4.69, 9.17) is 11.6 Å². The van der Waals surface area contributed by atoms with Gasteiger partial charge in [0, 0.05) is 11.1 Å². The van der Waals surface area contributed by atoms with Gasteiger partial charge in [-0.15, -0.1) is 11.3 Å². The van der Waals surface area contributed by atoms with Crippen LogP contribution in [0.5, 0.6) is 0 Å². The highest BCUT2D eigenvalue weighted by Gasteiger charge is 2.09. The molecule has 0 radical (unpaired) electrons. The Labute approximate surface area is 99.9 Å². The second-order valence-corrected chi connectivity index (χ2v) is 5.17. The zero-order chi connectivity index (χ0) is 11.3. The molecule has 80 valence electrons. The molecule has 2 heterocycles. The van der Waals surface area contributed by atoms with E-state index in [9.17, 15) is 4.79 Å². The molecule has 1 aromatic carbocycles. The molecule has 3 rings (SSSR count). The zero-order valence-corrected chi connectivity index (χ0v) is 9.97. The molecule has 0 spiro atoms.